The zero-order chi connectivity index (χ0) is 14.6. The van der Waals surface area contributed by atoms with Crippen LogP contribution in [0.25, 0.3) is 0 Å². The monoisotopic (exact) mass is 269 g/mol. The molecule has 19 heavy (non-hydrogen) atoms. The van der Waals surface area contributed by atoms with Gasteiger partial charge in [0.05, 0.1) is 20.0 Å². The number of quaternary nitrogens is 1. The highest BCUT2D eigenvalue weighted by atomic mass is 16.5. The van der Waals surface area contributed by atoms with E-state index in [-0.39, 0.29) is 5.92 Å². The molecule has 5 heteroatoms. The van der Waals surface area contributed by atoms with Gasteiger partial charge in [0.2, 0.25) is 0 Å². The second-order valence-corrected chi connectivity index (χ2v) is 5.65. The van der Waals surface area contributed by atoms with Crippen molar-refractivity contribution in [3.05, 3.63) is 11.6 Å². The van der Waals surface area contributed by atoms with Crippen LogP contribution in [0.1, 0.15) is 20.3 Å². The number of allylic oxidation sites excluding steroid dienone is 2. The van der Waals surface area contributed by atoms with Crippen LogP contribution in [0.4, 0.5) is 0 Å². The van der Waals surface area contributed by atoms with E-state index in [0.29, 0.717) is 19.6 Å². The predicted octanol–water partition coefficient (Wildman–Crippen LogP) is -1.36. The molecule has 0 radical (unpaired) electrons. The Morgan fingerprint density at radius 3 is 2.63 bits per heavy atom. The second kappa shape index (κ2) is 6.70. The van der Waals surface area contributed by atoms with E-state index in [2.05, 4.69) is 0 Å². The molecule has 0 amide bonds. The predicted molar refractivity (Wildman–Crippen MR) is 68.2 cm³/mol. The maximum atomic E-state index is 12.1. The summed E-state index contributed by atoms with van der Waals surface area (Å²) in [6.07, 6.45) is 2.31. The largest absolute Gasteiger partial charge is 0.550 e. The van der Waals surface area contributed by atoms with Crippen molar-refractivity contribution in [2.45, 2.75) is 20.3 Å². The van der Waals surface area contributed by atoms with Crippen molar-refractivity contribution in [2.75, 3.05) is 27.2 Å². The van der Waals surface area contributed by atoms with Crippen LogP contribution in [-0.4, -0.2) is 39.2 Å². The molecule has 0 bridgehead atoms. The summed E-state index contributed by atoms with van der Waals surface area (Å²) < 4.78 is 5.20. The third-order valence-electron chi connectivity index (χ3n) is 3.51. The third-order valence-corrected chi connectivity index (χ3v) is 3.51. The minimum atomic E-state index is -1.17. The highest BCUT2D eigenvalue weighted by molar-refractivity contribution is 5.81. The Bertz CT molecular complexity index is 376. The minimum Gasteiger partial charge on any atom is -0.550 e. The first-order chi connectivity index (χ1) is 8.82. The Morgan fingerprint density at radius 2 is 2.11 bits per heavy atom. The zero-order valence-electron chi connectivity index (χ0n) is 12.1. The highest BCUT2D eigenvalue weighted by Crippen LogP contribution is 2.34. The number of rotatable bonds is 5. The van der Waals surface area contributed by atoms with Gasteiger partial charge in [-0.05, 0) is 19.3 Å². The molecule has 1 N–H and O–H groups in total. The fourth-order valence-electron chi connectivity index (χ4n) is 2.52. The first-order valence-corrected chi connectivity index (χ1v) is 6.66. The molecule has 0 fully saturated rings. The molecule has 5 nitrogen and oxygen atoms in total. The lowest BCUT2D eigenvalue weighted by molar-refractivity contribution is -0.858. The highest BCUT2D eigenvalue weighted by Gasteiger charge is 2.37. The standard InChI is InChI=1S/C14H23NO4/c1-9-7-10(2)12(11(8-9)13(16)17)14(18)19-6-5-15(3)4/h7,10-12H,5-6,8H2,1-4H3,(H,16,17)/t10-,11-,12-/m1/s1. The molecule has 0 aliphatic heterocycles. The quantitative estimate of drug-likeness (QED) is 0.494. The lowest BCUT2D eigenvalue weighted by Crippen LogP contribution is -3.06. The summed E-state index contributed by atoms with van der Waals surface area (Å²) in [6, 6.07) is 0. The average molecular weight is 269 g/mol. The third kappa shape index (κ3) is 4.35. The number of carboxylic acid groups (broad SMARTS) is 1. The molecule has 0 saturated carbocycles. The number of carboxylic acids is 1. The summed E-state index contributed by atoms with van der Waals surface area (Å²) in [5.41, 5.74) is 0.989. The normalized spacial score (nSPS) is 27.0. The van der Waals surface area contributed by atoms with Crippen molar-refractivity contribution >= 4 is 11.9 Å². The number of aliphatic carboxylic acids is 1. The van der Waals surface area contributed by atoms with E-state index >= 15 is 0 Å². The molecule has 0 aromatic rings. The van der Waals surface area contributed by atoms with Crippen LogP contribution in [-0.2, 0) is 14.3 Å². The Labute approximate surface area is 114 Å². The average Bonchev–Trinajstić information content (AvgIpc) is 2.26. The van der Waals surface area contributed by atoms with Crippen LogP contribution in [0.3, 0.4) is 0 Å². The first kappa shape index (κ1) is 15.7. The van der Waals surface area contributed by atoms with Gasteiger partial charge in [-0.2, -0.15) is 0 Å². The summed E-state index contributed by atoms with van der Waals surface area (Å²) in [6.45, 7) is 4.75. The molecular formula is C14H23NO4. The van der Waals surface area contributed by atoms with Crippen molar-refractivity contribution in [3.63, 3.8) is 0 Å². The second-order valence-electron chi connectivity index (χ2n) is 5.65. The van der Waals surface area contributed by atoms with E-state index in [1.165, 1.54) is 4.90 Å². The van der Waals surface area contributed by atoms with E-state index in [1.54, 1.807) is 0 Å². The lowest BCUT2D eigenvalue weighted by Gasteiger charge is -2.34. The van der Waals surface area contributed by atoms with Crippen LogP contribution in [0.15, 0.2) is 11.6 Å². The van der Waals surface area contributed by atoms with Gasteiger partial charge in [-0.3, -0.25) is 4.79 Å². The van der Waals surface area contributed by atoms with E-state index < -0.39 is 23.8 Å². The summed E-state index contributed by atoms with van der Waals surface area (Å²) in [4.78, 5) is 24.4. The Hall–Kier alpha value is -1.36. The number of carbonyl (C=O) groups excluding carboxylic acids is 2. The number of likely N-dealkylation sites (N-methyl/N-ethyl adjacent to an activating group) is 1. The molecule has 0 heterocycles. The van der Waals surface area contributed by atoms with Gasteiger partial charge < -0.3 is 19.5 Å². The van der Waals surface area contributed by atoms with E-state index in [1.807, 2.05) is 34.0 Å². The van der Waals surface area contributed by atoms with Crippen LogP contribution in [0, 0.1) is 17.8 Å². The van der Waals surface area contributed by atoms with Crippen LogP contribution in [0.5, 0.6) is 0 Å². The van der Waals surface area contributed by atoms with Crippen molar-refractivity contribution in [1.82, 2.24) is 0 Å². The number of hydrogen-bond donors (Lipinski definition) is 1. The van der Waals surface area contributed by atoms with Gasteiger partial charge >= 0.3 is 5.97 Å². The number of carbonyl (C=O) groups is 2. The summed E-state index contributed by atoms with van der Waals surface area (Å²) in [7, 11) is 3.93. The molecule has 0 unspecified atom stereocenters. The summed E-state index contributed by atoms with van der Waals surface area (Å²) >= 11 is 0. The van der Waals surface area contributed by atoms with Gasteiger partial charge in [0.25, 0.3) is 0 Å². The fraction of sp³-hybridized carbons (Fsp3) is 0.714. The van der Waals surface area contributed by atoms with Gasteiger partial charge in [-0.25, -0.2) is 0 Å². The van der Waals surface area contributed by atoms with Gasteiger partial charge in [0.15, 0.2) is 0 Å². The van der Waals surface area contributed by atoms with Gasteiger partial charge in [0.1, 0.15) is 13.2 Å². The van der Waals surface area contributed by atoms with Crippen LogP contribution >= 0.6 is 0 Å². The first-order valence-electron chi connectivity index (χ1n) is 6.66. The van der Waals surface area contributed by atoms with Crippen molar-refractivity contribution in [1.29, 1.82) is 0 Å². The molecule has 0 spiro atoms. The fourth-order valence-corrected chi connectivity index (χ4v) is 2.52. The molecule has 1 rings (SSSR count). The number of esters is 1. The zero-order valence-corrected chi connectivity index (χ0v) is 12.1. The molecule has 1 aliphatic rings. The lowest BCUT2D eigenvalue weighted by atomic mass is 9.74. The van der Waals surface area contributed by atoms with Gasteiger partial charge in [-0.15, -0.1) is 0 Å². The maximum absolute atomic E-state index is 12.1. The molecule has 0 saturated heterocycles. The molecule has 0 aromatic heterocycles. The smallest absolute Gasteiger partial charge is 0.310 e. The van der Waals surface area contributed by atoms with E-state index in [9.17, 15) is 14.7 Å². The number of nitrogens with one attached hydrogen (secondary N) is 1. The Balaban J connectivity index is 2.71. The Morgan fingerprint density at radius 1 is 1.47 bits per heavy atom. The molecular weight excluding hydrogens is 246 g/mol. The van der Waals surface area contributed by atoms with Gasteiger partial charge in [-0.1, -0.05) is 18.6 Å². The van der Waals surface area contributed by atoms with E-state index in [0.717, 1.165) is 5.57 Å². The maximum Gasteiger partial charge on any atom is 0.310 e. The SMILES string of the molecule is CC1=C[C@@H](C)[C@@H](C(=O)OCC[NH+](C)C)[C@H](C(=O)[O-])C1. The van der Waals surface area contributed by atoms with Gasteiger partial charge in [0, 0.05) is 11.9 Å². The van der Waals surface area contributed by atoms with Crippen molar-refractivity contribution in [3.8, 4) is 0 Å². The molecule has 3 atom stereocenters. The van der Waals surface area contributed by atoms with Crippen molar-refractivity contribution in [2.24, 2.45) is 17.8 Å². The Kier molecular flexibility index (Phi) is 5.54. The summed E-state index contributed by atoms with van der Waals surface area (Å²) in [5.74, 6) is -3.13. The van der Waals surface area contributed by atoms with Crippen LogP contribution < -0.4 is 10.0 Å². The molecule has 108 valence electrons. The number of hydrogen-bond acceptors (Lipinski definition) is 4. The number of ether oxygens (including phenoxy) is 1. The van der Waals surface area contributed by atoms with E-state index in [4.69, 9.17) is 4.74 Å². The molecule has 0 aromatic carbocycles. The summed E-state index contributed by atoms with van der Waals surface area (Å²) in [5, 5.41) is 11.2. The minimum absolute atomic E-state index is 0.129. The van der Waals surface area contributed by atoms with Crippen molar-refractivity contribution < 1.29 is 24.3 Å². The molecule has 1 aliphatic carbocycles. The topological polar surface area (TPSA) is 70.9 Å². The van der Waals surface area contributed by atoms with Crippen LogP contribution in [0.2, 0.25) is 0 Å².